The van der Waals surface area contributed by atoms with Crippen LogP contribution < -0.4 is 0 Å². The molecule has 0 spiro atoms. The van der Waals surface area contributed by atoms with E-state index in [2.05, 4.69) is 42.8 Å². The molecule has 0 N–H and O–H groups in total. The normalized spacial score (nSPS) is 13.6. The van der Waals surface area contributed by atoms with Gasteiger partial charge < -0.3 is 4.74 Å². The van der Waals surface area contributed by atoms with Crippen molar-refractivity contribution in [2.45, 2.75) is 59.1 Å². The molecule has 0 heterocycles. The lowest BCUT2D eigenvalue weighted by Gasteiger charge is -2.26. The molecule has 23 heavy (non-hydrogen) atoms. The molecule has 0 aliphatic carbocycles. The van der Waals surface area contributed by atoms with Gasteiger partial charge in [-0.2, -0.15) is 0 Å². The van der Waals surface area contributed by atoms with E-state index in [1.807, 2.05) is 12.1 Å². The van der Waals surface area contributed by atoms with E-state index in [-0.39, 0.29) is 12.0 Å². The van der Waals surface area contributed by atoms with Gasteiger partial charge in [0.2, 0.25) is 0 Å². The van der Waals surface area contributed by atoms with E-state index in [9.17, 15) is 9.00 Å². The molecule has 0 saturated heterocycles. The monoisotopic (exact) mass is 403 g/mol. The Labute approximate surface area is 150 Å². The van der Waals surface area contributed by atoms with Gasteiger partial charge in [0.05, 0.1) is 6.54 Å². The van der Waals surface area contributed by atoms with Crippen molar-refractivity contribution >= 4 is 33.0 Å². The minimum absolute atomic E-state index is 0.0132. The van der Waals surface area contributed by atoms with E-state index in [1.165, 1.54) is 10.6 Å². The fourth-order valence-corrected chi connectivity index (χ4v) is 3.03. The van der Waals surface area contributed by atoms with Crippen LogP contribution in [0.3, 0.4) is 0 Å². The zero-order valence-corrected chi connectivity index (χ0v) is 17.3. The maximum atomic E-state index is 12.3. The van der Waals surface area contributed by atoms with Crippen LogP contribution in [0, 0.1) is 0 Å². The first-order chi connectivity index (χ1) is 10.3. The van der Waals surface area contributed by atoms with Gasteiger partial charge in [-0.3, -0.25) is 0 Å². The van der Waals surface area contributed by atoms with Gasteiger partial charge >= 0.3 is 6.09 Å². The molecule has 0 aromatic heterocycles. The third kappa shape index (κ3) is 6.63. The number of ether oxygens (including phenoxy) is 1. The Morgan fingerprint density at radius 3 is 2.17 bits per heavy atom. The van der Waals surface area contributed by atoms with E-state index < -0.39 is 22.7 Å². The largest absolute Gasteiger partial charge is 0.443 e. The smallest absolute Gasteiger partial charge is 0.422 e. The van der Waals surface area contributed by atoms with Crippen LogP contribution in [0.4, 0.5) is 4.79 Å². The van der Waals surface area contributed by atoms with Crippen LogP contribution in [0.2, 0.25) is 0 Å². The second kappa shape index (κ2) is 7.34. The van der Waals surface area contributed by atoms with Gasteiger partial charge in [-0.05, 0) is 49.4 Å². The van der Waals surface area contributed by atoms with Crippen LogP contribution >= 0.6 is 15.9 Å². The maximum absolute atomic E-state index is 12.3. The van der Waals surface area contributed by atoms with Crippen molar-refractivity contribution in [1.29, 1.82) is 0 Å². The first-order valence-electron chi connectivity index (χ1n) is 7.43. The molecule has 0 aliphatic heterocycles. The van der Waals surface area contributed by atoms with Gasteiger partial charge in [0.25, 0.3) is 0 Å². The van der Waals surface area contributed by atoms with Crippen molar-refractivity contribution in [3.8, 4) is 0 Å². The summed E-state index contributed by atoms with van der Waals surface area (Å²) in [6.45, 7) is 12.0. The van der Waals surface area contributed by atoms with Gasteiger partial charge in [0.1, 0.15) is 16.6 Å². The Bertz CT molecular complexity index is 603. The minimum atomic E-state index is -1.46. The lowest BCUT2D eigenvalue weighted by atomic mass is 9.86. The number of benzene rings is 1. The number of halogens is 1. The Morgan fingerprint density at radius 1 is 1.17 bits per heavy atom. The highest BCUT2D eigenvalue weighted by Crippen LogP contribution is 2.27. The molecule has 0 radical (unpaired) electrons. The molecule has 1 atom stereocenters. The predicted molar refractivity (Wildman–Crippen MR) is 98.7 cm³/mol. The van der Waals surface area contributed by atoms with Crippen molar-refractivity contribution in [2.24, 2.45) is 0 Å². The summed E-state index contributed by atoms with van der Waals surface area (Å²) in [5.74, 6) is 0. The van der Waals surface area contributed by atoms with Crippen LogP contribution in [-0.4, -0.2) is 26.5 Å². The van der Waals surface area contributed by atoms with E-state index in [0.717, 1.165) is 15.6 Å². The number of carbonyl (C=O) groups excluding carboxylic acids is 1. The molecule has 4 nitrogen and oxygen atoms in total. The summed E-state index contributed by atoms with van der Waals surface area (Å²) in [6.07, 6.45) is 0.905. The summed E-state index contributed by atoms with van der Waals surface area (Å²) in [6, 6.07) is 6.03. The Morgan fingerprint density at radius 2 is 1.74 bits per heavy atom. The van der Waals surface area contributed by atoms with Gasteiger partial charge in [-0.15, -0.1) is 0 Å². The molecular formula is C17H26BrNO3S. The zero-order valence-electron chi connectivity index (χ0n) is 14.9. The van der Waals surface area contributed by atoms with Gasteiger partial charge in [-0.25, -0.2) is 13.3 Å². The summed E-state index contributed by atoms with van der Waals surface area (Å²) >= 11 is 3.51. The van der Waals surface area contributed by atoms with E-state index in [4.69, 9.17) is 4.74 Å². The number of rotatable bonds is 3. The Balaban J connectivity index is 3.09. The molecule has 0 bridgehead atoms. The van der Waals surface area contributed by atoms with Crippen LogP contribution in [0.1, 0.15) is 52.7 Å². The van der Waals surface area contributed by atoms with Gasteiger partial charge in [-0.1, -0.05) is 42.8 Å². The Kier molecular flexibility index (Phi) is 6.44. The number of hydrogen-bond acceptors (Lipinski definition) is 3. The van der Waals surface area contributed by atoms with Gasteiger partial charge in [0.15, 0.2) is 0 Å². The second-order valence-electron chi connectivity index (χ2n) is 7.54. The third-order valence-electron chi connectivity index (χ3n) is 3.06. The highest BCUT2D eigenvalue weighted by Gasteiger charge is 2.25. The van der Waals surface area contributed by atoms with Crippen LogP contribution in [0.25, 0.3) is 0 Å². The molecule has 1 aromatic carbocycles. The Hall–Kier alpha value is -0.880. The molecule has 0 aliphatic rings. The van der Waals surface area contributed by atoms with E-state index in [0.29, 0.717) is 0 Å². The molecule has 130 valence electrons. The van der Waals surface area contributed by atoms with Crippen molar-refractivity contribution in [3.05, 3.63) is 33.8 Å². The molecule has 6 heteroatoms. The first-order valence-corrected chi connectivity index (χ1v) is 9.74. The average Bonchev–Trinajstić information content (AvgIpc) is 2.31. The van der Waals surface area contributed by atoms with E-state index in [1.54, 1.807) is 20.8 Å². The van der Waals surface area contributed by atoms with Crippen molar-refractivity contribution in [1.82, 2.24) is 4.31 Å². The topological polar surface area (TPSA) is 46.6 Å². The molecule has 0 fully saturated rings. The fraction of sp³-hybridized carbons (Fsp3) is 0.588. The molecule has 1 rings (SSSR count). The zero-order chi connectivity index (χ0) is 18.0. The van der Waals surface area contributed by atoms with Crippen molar-refractivity contribution in [2.75, 3.05) is 6.26 Å². The average molecular weight is 404 g/mol. The number of amides is 1. The number of nitrogens with zero attached hydrogens (tertiary/aromatic N) is 1. The number of carbonyl (C=O) groups is 1. The van der Waals surface area contributed by atoms with Crippen LogP contribution in [0.5, 0.6) is 0 Å². The fourth-order valence-electron chi connectivity index (χ4n) is 1.91. The quantitative estimate of drug-likeness (QED) is 0.729. The molecule has 1 unspecified atom stereocenters. The molecule has 1 amide bonds. The lowest BCUT2D eigenvalue weighted by Crippen LogP contribution is -2.37. The van der Waals surface area contributed by atoms with Crippen molar-refractivity contribution < 1.29 is 13.7 Å². The standard InChI is InChI=1S/C17H26BrNO3S/c1-16(2,3)13-8-12(9-14(18)10-13)11-19(23(7)21)15(20)22-17(4,5)6/h8-10H,11H2,1-7H3. The summed E-state index contributed by atoms with van der Waals surface area (Å²) in [5, 5.41) is 0. The van der Waals surface area contributed by atoms with Gasteiger partial charge in [0, 0.05) is 10.7 Å². The lowest BCUT2D eigenvalue weighted by molar-refractivity contribution is 0.0389. The summed E-state index contributed by atoms with van der Waals surface area (Å²) < 4.78 is 19.5. The minimum Gasteiger partial charge on any atom is -0.443 e. The highest BCUT2D eigenvalue weighted by atomic mass is 79.9. The summed E-state index contributed by atoms with van der Waals surface area (Å²) in [7, 11) is -1.46. The molecule has 0 saturated carbocycles. The summed E-state index contributed by atoms with van der Waals surface area (Å²) in [4.78, 5) is 12.3. The SMILES string of the molecule is CS(=O)N(Cc1cc(Br)cc(C(C)(C)C)c1)C(=O)OC(C)(C)C. The third-order valence-corrected chi connectivity index (χ3v) is 4.41. The number of hydrogen-bond donors (Lipinski definition) is 0. The van der Waals surface area contributed by atoms with E-state index >= 15 is 0 Å². The molecule has 1 aromatic rings. The highest BCUT2D eigenvalue weighted by molar-refractivity contribution is 9.10. The van der Waals surface area contributed by atoms with Crippen molar-refractivity contribution in [3.63, 3.8) is 0 Å². The van der Waals surface area contributed by atoms with Crippen LogP contribution in [-0.2, 0) is 27.7 Å². The first kappa shape index (κ1) is 20.2. The second-order valence-corrected chi connectivity index (χ2v) is 9.74. The predicted octanol–water partition coefficient (Wildman–Crippen LogP) is 4.78. The molecular weight excluding hydrogens is 378 g/mol. The maximum Gasteiger partial charge on any atom is 0.422 e. The summed E-state index contributed by atoms with van der Waals surface area (Å²) in [5.41, 5.74) is 1.42. The van der Waals surface area contributed by atoms with Crippen LogP contribution in [0.15, 0.2) is 22.7 Å².